The molecule has 1 amide bonds. The molecule has 1 aliphatic rings. The van der Waals surface area contributed by atoms with Crippen LogP contribution in [0.3, 0.4) is 0 Å². The van der Waals surface area contributed by atoms with E-state index in [0.717, 1.165) is 34.9 Å². The van der Waals surface area contributed by atoms with Crippen molar-refractivity contribution in [2.24, 2.45) is 5.92 Å². The highest BCUT2D eigenvalue weighted by molar-refractivity contribution is 7.14. The van der Waals surface area contributed by atoms with E-state index in [2.05, 4.69) is 18.3 Å². The second-order valence-corrected chi connectivity index (χ2v) is 7.54. The zero-order valence-corrected chi connectivity index (χ0v) is 14.5. The van der Waals surface area contributed by atoms with Gasteiger partial charge in [0.15, 0.2) is 0 Å². The van der Waals surface area contributed by atoms with Crippen molar-refractivity contribution in [1.82, 2.24) is 0 Å². The Morgan fingerprint density at radius 3 is 2.95 bits per heavy atom. The van der Waals surface area contributed by atoms with E-state index in [-0.39, 0.29) is 5.91 Å². The van der Waals surface area contributed by atoms with Gasteiger partial charge >= 0.3 is 0 Å². The molecule has 0 unspecified atom stereocenters. The normalized spacial score (nSPS) is 17.1. The van der Waals surface area contributed by atoms with E-state index in [1.807, 2.05) is 19.1 Å². The zero-order valence-electron chi connectivity index (χ0n) is 12.9. The third-order valence-electron chi connectivity index (χ3n) is 4.42. The molecule has 1 N–H and O–H groups in total. The van der Waals surface area contributed by atoms with Crippen LogP contribution in [0.1, 0.15) is 45.4 Å². The standard InChI is InChI=1S/C18H20ClNOS/c1-3-12-5-7-16-13(8-12)9-17(22-16)18(21)20-14-6-4-11(2)15(19)10-14/h4,6,9-10,12H,3,5,7-8H2,1-2H3,(H,20,21)/t12-/m1/s1. The SMILES string of the molecule is CC[C@@H]1CCc2sc(C(=O)Nc3ccc(C)c(Cl)c3)cc2C1. The molecule has 3 rings (SSSR count). The molecule has 1 aliphatic carbocycles. The van der Waals surface area contributed by atoms with Gasteiger partial charge in [0, 0.05) is 15.6 Å². The lowest BCUT2D eigenvalue weighted by Crippen LogP contribution is -2.11. The van der Waals surface area contributed by atoms with Crippen molar-refractivity contribution in [3.63, 3.8) is 0 Å². The minimum atomic E-state index is -0.0348. The largest absolute Gasteiger partial charge is 0.321 e. The van der Waals surface area contributed by atoms with Gasteiger partial charge in [-0.1, -0.05) is 31.0 Å². The first-order valence-corrected chi connectivity index (χ1v) is 8.95. The van der Waals surface area contributed by atoms with Crippen molar-refractivity contribution in [2.45, 2.75) is 39.5 Å². The number of carbonyl (C=O) groups excluding carboxylic acids is 1. The summed E-state index contributed by atoms with van der Waals surface area (Å²) in [7, 11) is 0. The highest BCUT2D eigenvalue weighted by Gasteiger charge is 2.22. The Labute approximate surface area is 140 Å². The molecule has 0 saturated carbocycles. The van der Waals surface area contributed by atoms with E-state index in [1.54, 1.807) is 17.4 Å². The van der Waals surface area contributed by atoms with Gasteiger partial charge in [0.25, 0.3) is 5.91 Å². The predicted octanol–water partition coefficient (Wildman–Crippen LogP) is 5.48. The number of nitrogens with one attached hydrogen (secondary N) is 1. The van der Waals surface area contributed by atoms with Crippen molar-refractivity contribution < 1.29 is 4.79 Å². The number of anilines is 1. The van der Waals surface area contributed by atoms with Crippen LogP contribution >= 0.6 is 22.9 Å². The van der Waals surface area contributed by atoms with E-state index in [0.29, 0.717) is 5.02 Å². The molecule has 0 saturated heterocycles. The maximum atomic E-state index is 12.4. The van der Waals surface area contributed by atoms with Crippen LogP contribution in [-0.2, 0) is 12.8 Å². The lowest BCUT2D eigenvalue weighted by Gasteiger charge is -2.19. The number of hydrogen-bond acceptors (Lipinski definition) is 2. The molecule has 22 heavy (non-hydrogen) atoms. The molecule has 4 heteroatoms. The maximum Gasteiger partial charge on any atom is 0.265 e. The van der Waals surface area contributed by atoms with E-state index < -0.39 is 0 Å². The first-order chi connectivity index (χ1) is 10.6. The number of rotatable bonds is 3. The van der Waals surface area contributed by atoms with Crippen LogP contribution in [0, 0.1) is 12.8 Å². The van der Waals surface area contributed by atoms with Crippen LogP contribution in [0.15, 0.2) is 24.3 Å². The molecule has 116 valence electrons. The summed E-state index contributed by atoms with van der Waals surface area (Å²) in [5, 5.41) is 3.62. The van der Waals surface area contributed by atoms with Gasteiger partial charge < -0.3 is 5.32 Å². The minimum absolute atomic E-state index is 0.0348. The van der Waals surface area contributed by atoms with Gasteiger partial charge in [-0.3, -0.25) is 4.79 Å². The molecule has 1 aromatic carbocycles. The Morgan fingerprint density at radius 2 is 2.23 bits per heavy atom. The lowest BCUT2D eigenvalue weighted by molar-refractivity contribution is 0.103. The van der Waals surface area contributed by atoms with E-state index in [4.69, 9.17) is 11.6 Å². The van der Waals surface area contributed by atoms with E-state index in [9.17, 15) is 4.79 Å². The molecule has 0 radical (unpaired) electrons. The average Bonchev–Trinajstić information content (AvgIpc) is 2.94. The Kier molecular flexibility index (Phi) is 4.55. The van der Waals surface area contributed by atoms with Crippen LogP contribution in [0.25, 0.3) is 0 Å². The summed E-state index contributed by atoms with van der Waals surface area (Å²) in [6, 6.07) is 7.69. The van der Waals surface area contributed by atoms with Gasteiger partial charge in [0.1, 0.15) is 0 Å². The highest BCUT2D eigenvalue weighted by atomic mass is 35.5. The second kappa shape index (κ2) is 6.43. The van der Waals surface area contributed by atoms with Crippen LogP contribution in [0.5, 0.6) is 0 Å². The first kappa shape index (κ1) is 15.6. The van der Waals surface area contributed by atoms with Gasteiger partial charge in [-0.2, -0.15) is 0 Å². The maximum absolute atomic E-state index is 12.4. The predicted molar refractivity (Wildman–Crippen MR) is 94.3 cm³/mol. The summed E-state index contributed by atoms with van der Waals surface area (Å²) in [5.74, 6) is 0.737. The Balaban J connectivity index is 1.75. The summed E-state index contributed by atoms with van der Waals surface area (Å²) < 4.78 is 0. The molecular formula is C18H20ClNOS. The summed E-state index contributed by atoms with van der Waals surface area (Å²) in [4.78, 5) is 14.6. The summed E-state index contributed by atoms with van der Waals surface area (Å²) in [5.41, 5.74) is 3.13. The van der Waals surface area contributed by atoms with Gasteiger partial charge in [-0.15, -0.1) is 11.3 Å². The molecule has 1 heterocycles. The Bertz CT molecular complexity index is 707. The fraction of sp³-hybridized carbons (Fsp3) is 0.389. The van der Waals surface area contributed by atoms with Crippen LogP contribution in [-0.4, -0.2) is 5.91 Å². The highest BCUT2D eigenvalue weighted by Crippen LogP contribution is 2.34. The number of aryl methyl sites for hydroxylation is 2. The second-order valence-electron chi connectivity index (χ2n) is 5.99. The first-order valence-electron chi connectivity index (χ1n) is 7.76. The zero-order chi connectivity index (χ0) is 15.7. The fourth-order valence-electron chi connectivity index (χ4n) is 2.92. The molecular weight excluding hydrogens is 314 g/mol. The summed E-state index contributed by atoms with van der Waals surface area (Å²) >= 11 is 7.75. The monoisotopic (exact) mass is 333 g/mol. The van der Waals surface area contributed by atoms with Crippen molar-refractivity contribution >= 4 is 34.5 Å². The van der Waals surface area contributed by atoms with Crippen molar-refractivity contribution in [1.29, 1.82) is 0 Å². The summed E-state index contributed by atoms with van der Waals surface area (Å²) in [6.45, 7) is 4.20. The van der Waals surface area contributed by atoms with Crippen molar-refractivity contribution in [3.05, 3.63) is 50.2 Å². The number of thiophene rings is 1. The number of fused-ring (bicyclic) bond motifs is 1. The number of carbonyl (C=O) groups is 1. The van der Waals surface area contributed by atoms with Crippen molar-refractivity contribution in [2.75, 3.05) is 5.32 Å². The quantitative estimate of drug-likeness (QED) is 0.792. The molecule has 0 spiro atoms. The third-order valence-corrected chi connectivity index (χ3v) is 6.06. The Hall–Kier alpha value is -1.32. The molecule has 0 bridgehead atoms. The molecule has 1 aromatic heterocycles. The molecule has 2 nitrogen and oxygen atoms in total. The molecule has 0 fully saturated rings. The van der Waals surface area contributed by atoms with Crippen LogP contribution < -0.4 is 5.32 Å². The van der Waals surface area contributed by atoms with Gasteiger partial charge in [-0.25, -0.2) is 0 Å². The molecule has 0 aliphatic heterocycles. The molecule has 1 atom stereocenters. The number of benzene rings is 1. The van der Waals surface area contributed by atoms with Crippen molar-refractivity contribution in [3.8, 4) is 0 Å². The van der Waals surface area contributed by atoms with Gasteiger partial charge in [0.05, 0.1) is 4.88 Å². The summed E-state index contributed by atoms with van der Waals surface area (Å²) in [6.07, 6.45) is 4.70. The third kappa shape index (κ3) is 3.21. The van der Waals surface area contributed by atoms with Gasteiger partial charge in [0.2, 0.25) is 0 Å². The number of halogens is 1. The van der Waals surface area contributed by atoms with Crippen LogP contribution in [0.4, 0.5) is 5.69 Å². The van der Waals surface area contributed by atoms with E-state index in [1.165, 1.54) is 23.3 Å². The number of amides is 1. The molecule has 2 aromatic rings. The minimum Gasteiger partial charge on any atom is -0.321 e. The topological polar surface area (TPSA) is 29.1 Å². The van der Waals surface area contributed by atoms with Crippen LogP contribution in [0.2, 0.25) is 5.02 Å². The van der Waals surface area contributed by atoms with E-state index >= 15 is 0 Å². The smallest absolute Gasteiger partial charge is 0.265 e. The Morgan fingerprint density at radius 1 is 1.41 bits per heavy atom. The number of hydrogen-bond donors (Lipinski definition) is 1. The average molecular weight is 334 g/mol. The van der Waals surface area contributed by atoms with Gasteiger partial charge in [-0.05, 0) is 61.4 Å². The lowest BCUT2D eigenvalue weighted by atomic mass is 9.87. The fourth-order valence-corrected chi connectivity index (χ4v) is 4.21.